The molecule has 3 rings (SSSR count). The van der Waals surface area contributed by atoms with Crippen molar-refractivity contribution in [2.75, 3.05) is 13.1 Å². The molecule has 2 heterocycles. The molecule has 1 aromatic carbocycles. The summed E-state index contributed by atoms with van der Waals surface area (Å²) in [6.07, 6.45) is 1.75. The number of benzene rings is 1. The van der Waals surface area contributed by atoms with Crippen molar-refractivity contribution < 1.29 is 19.0 Å². The number of imide groups is 1. The molecule has 0 saturated heterocycles. The molecule has 0 aromatic heterocycles. The van der Waals surface area contributed by atoms with Crippen molar-refractivity contribution in [3.05, 3.63) is 47.4 Å². The zero-order valence-electron chi connectivity index (χ0n) is 14.8. The van der Waals surface area contributed by atoms with Gasteiger partial charge in [0.2, 0.25) is 0 Å². The van der Waals surface area contributed by atoms with Gasteiger partial charge in [-0.05, 0) is 23.0 Å². The molecule has 0 spiro atoms. The summed E-state index contributed by atoms with van der Waals surface area (Å²) in [5.74, 6) is -0.287. The molecule has 1 aromatic rings. The predicted molar refractivity (Wildman–Crippen MR) is 101 cm³/mol. The van der Waals surface area contributed by atoms with Crippen molar-refractivity contribution in [3.63, 3.8) is 0 Å². The molecule has 1 unspecified atom stereocenters. The molecule has 2 aliphatic rings. The lowest BCUT2D eigenvalue weighted by Crippen LogP contribution is -2.57. The Balaban J connectivity index is 1.74. The number of thioether (sulfide) groups is 1. The number of nitrogens with one attached hydrogen (secondary N) is 1. The van der Waals surface area contributed by atoms with Crippen molar-refractivity contribution in [2.45, 2.75) is 25.6 Å². The van der Waals surface area contributed by atoms with Crippen LogP contribution in [0, 0.1) is 5.92 Å². The number of hydrogen-bond donors (Lipinski definition) is 1. The van der Waals surface area contributed by atoms with E-state index < -0.39 is 11.3 Å². The van der Waals surface area contributed by atoms with Gasteiger partial charge in [-0.25, -0.2) is 4.79 Å². The average molecular weight is 372 g/mol. The van der Waals surface area contributed by atoms with Gasteiger partial charge < -0.3 is 5.32 Å². The van der Waals surface area contributed by atoms with Gasteiger partial charge >= 0.3 is 11.9 Å². The second kappa shape index (κ2) is 7.86. The molecule has 0 fully saturated rings. The fourth-order valence-corrected chi connectivity index (χ4v) is 3.91. The van der Waals surface area contributed by atoms with Gasteiger partial charge in [0.15, 0.2) is 11.8 Å². The van der Waals surface area contributed by atoms with Crippen LogP contribution in [0.4, 0.5) is 4.79 Å². The summed E-state index contributed by atoms with van der Waals surface area (Å²) in [6, 6.07) is 9.17. The highest BCUT2D eigenvalue weighted by molar-refractivity contribution is 8.04. The van der Waals surface area contributed by atoms with Crippen LogP contribution in [-0.4, -0.2) is 51.4 Å². The first kappa shape index (κ1) is 18.4. The van der Waals surface area contributed by atoms with Crippen molar-refractivity contribution in [1.82, 2.24) is 10.2 Å². The normalized spacial score (nSPS) is 19.3. The minimum atomic E-state index is -0.437. The third-order valence-corrected chi connectivity index (χ3v) is 5.18. The zero-order chi connectivity index (χ0) is 18.7. The van der Waals surface area contributed by atoms with E-state index in [0.717, 1.165) is 5.56 Å². The molecule has 7 heteroatoms. The van der Waals surface area contributed by atoms with E-state index in [4.69, 9.17) is 0 Å². The topological polar surface area (TPSA) is 69.5 Å². The SMILES string of the molecule is CC(C)CN1C(=O)C2SC=CC2=[N+](CC(=O)NCc2ccccc2)C1=O. The summed E-state index contributed by atoms with van der Waals surface area (Å²) < 4.78 is 1.42. The van der Waals surface area contributed by atoms with Crippen molar-refractivity contribution in [2.24, 2.45) is 5.92 Å². The number of hydrogen-bond acceptors (Lipinski definition) is 4. The second-order valence-corrected chi connectivity index (χ2v) is 7.73. The number of nitrogens with zero attached hydrogens (tertiary/aromatic N) is 2. The van der Waals surface area contributed by atoms with Crippen LogP contribution in [0.15, 0.2) is 41.8 Å². The highest BCUT2D eigenvalue weighted by Gasteiger charge is 2.49. The predicted octanol–water partition coefficient (Wildman–Crippen LogP) is 2.00. The Morgan fingerprint density at radius 3 is 2.69 bits per heavy atom. The smallest absolute Gasteiger partial charge is 0.349 e. The van der Waals surface area contributed by atoms with Gasteiger partial charge in [-0.2, -0.15) is 14.3 Å². The summed E-state index contributed by atoms with van der Waals surface area (Å²) >= 11 is 1.37. The van der Waals surface area contributed by atoms with E-state index in [2.05, 4.69) is 5.32 Å². The third-order valence-electron chi connectivity index (χ3n) is 4.17. The van der Waals surface area contributed by atoms with Crippen molar-refractivity contribution in [3.8, 4) is 0 Å². The van der Waals surface area contributed by atoms with Gasteiger partial charge in [0, 0.05) is 6.54 Å². The van der Waals surface area contributed by atoms with E-state index in [-0.39, 0.29) is 24.3 Å². The molecule has 4 amide bonds. The van der Waals surface area contributed by atoms with Gasteiger partial charge in [-0.15, -0.1) is 11.8 Å². The third kappa shape index (κ3) is 3.88. The second-order valence-electron chi connectivity index (χ2n) is 6.72. The van der Waals surface area contributed by atoms with Gasteiger partial charge in [0.25, 0.3) is 5.91 Å². The molecule has 136 valence electrons. The summed E-state index contributed by atoms with van der Waals surface area (Å²) in [5.41, 5.74) is 1.59. The van der Waals surface area contributed by atoms with E-state index in [9.17, 15) is 14.4 Å². The Kier molecular flexibility index (Phi) is 5.56. The minimum absolute atomic E-state index is 0.0930. The fourth-order valence-electron chi connectivity index (χ4n) is 2.94. The maximum absolute atomic E-state index is 12.8. The summed E-state index contributed by atoms with van der Waals surface area (Å²) in [4.78, 5) is 39.0. The van der Waals surface area contributed by atoms with Crippen LogP contribution in [0.1, 0.15) is 19.4 Å². The summed E-state index contributed by atoms with van der Waals surface area (Å²) in [7, 11) is 0. The molecule has 0 bridgehead atoms. The summed E-state index contributed by atoms with van der Waals surface area (Å²) in [5, 5.41) is 4.20. The number of carbonyl (C=O) groups is 3. The van der Waals surface area contributed by atoms with Gasteiger partial charge in [0.1, 0.15) is 5.71 Å². The van der Waals surface area contributed by atoms with E-state index in [1.54, 1.807) is 11.5 Å². The molecule has 1 N–H and O–H groups in total. The van der Waals surface area contributed by atoms with Crippen LogP contribution >= 0.6 is 11.8 Å². The standard InChI is InChI=1S/C19H21N3O3S/c1-13(2)11-22-18(24)17-15(8-9-26-17)21(19(22)25)12-16(23)20-10-14-6-4-3-5-7-14/h3-9,13,17H,10-12H2,1-2H3/p+1. The van der Waals surface area contributed by atoms with Gasteiger partial charge in [-0.1, -0.05) is 44.2 Å². The van der Waals surface area contributed by atoms with Gasteiger partial charge in [0.05, 0.1) is 6.54 Å². The van der Waals surface area contributed by atoms with E-state index in [1.165, 1.54) is 21.2 Å². The number of allylic oxidation sites excluding steroid dienone is 1. The summed E-state index contributed by atoms with van der Waals surface area (Å²) in [6.45, 7) is 4.57. The lowest BCUT2D eigenvalue weighted by atomic mass is 10.1. The van der Waals surface area contributed by atoms with Crippen molar-refractivity contribution in [1.29, 1.82) is 0 Å². The lowest BCUT2D eigenvalue weighted by Gasteiger charge is -2.25. The molecule has 1 atom stereocenters. The highest BCUT2D eigenvalue weighted by Crippen LogP contribution is 2.28. The molecule has 2 aliphatic heterocycles. The van der Waals surface area contributed by atoms with Crippen LogP contribution in [0.2, 0.25) is 0 Å². The molecular formula is C19H22N3O3S+. The molecule has 6 nitrogen and oxygen atoms in total. The molecule has 26 heavy (non-hydrogen) atoms. The first-order valence-corrected chi connectivity index (χ1v) is 9.54. The largest absolute Gasteiger partial charge is 0.501 e. The van der Waals surface area contributed by atoms with Crippen molar-refractivity contribution >= 4 is 35.3 Å². The molecular weight excluding hydrogens is 350 g/mol. The number of carbonyl (C=O) groups excluding carboxylic acids is 3. The Hall–Kier alpha value is -2.41. The fraction of sp³-hybridized carbons (Fsp3) is 0.368. The van der Waals surface area contributed by atoms with E-state index in [1.807, 2.05) is 44.2 Å². The van der Waals surface area contributed by atoms with Crippen LogP contribution in [-0.2, 0) is 16.1 Å². The lowest BCUT2D eigenvalue weighted by molar-refractivity contribution is -0.426. The maximum atomic E-state index is 12.8. The molecule has 0 radical (unpaired) electrons. The maximum Gasteiger partial charge on any atom is 0.501 e. The first-order chi connectivity index (χ1) is 12.5. The average Bonchev–Trinajstić information content (AvgIpc) is 3.11. The van der Waals surface area contributed by atoms with Crippen LogP contribution in [0.5, 0.6) is 0 Å². The monoisotopic (exact) mass is 372 g/mol. The molecule has 0 saturated carbocycles. The van der Waals surface area contributed by atoms with Gasteiger partial charge in [-0.3, -0.25) is 4.79 Å². The Labute approximate surface area is 156 Å². The number of urea groups is 1. The zero-order valence-corrected chi connectivity index (χ0v) is 15.7. The van der Waals surface area contributed by atoms with Crippen LogP contribution < -0.4 is 5.32 Å². The van der Waals surface area contributed by atoms with Crippen LogP contribution in [0.3, 0.4) is 0 Å². The van der Waals surface area contributed by atoms with E-state index >= 15 is 0 Å². The quantitative estimate of drug-likeness (QED) is 0.776. The number of amides is 4. The Morgan fingerprint density at radius 2 is 2.00 bits per heavy atom. The first-order valence-electron chi connectivity index (χ1n) is 8.59. The highest BCUT2D eigenvalue weighted by atomic mass is 32.2. The van der Waals surface area contributed by atoms with E-state index in [0.29, 0.717) is 18.8 Å². The Bertz CT molecular complexity index is 786. The minimum Gasteiger partial charge on any atom is -0.349 e. The Morgan fingerprint density at radius 1 is 1.27 bits per heavy atom. The number of fused-ring (bicyclic) bond motifs is 1. The molecule has 0 aliphatic carbocycles. The van der Waals surface area contributed by atoms with Crippen LogP contribution in [0.25, 0.3) is 0 Å². The number of rotatable bonds is 6.